The quantitative estimate of drug-likeness (QED) is 0.260. The summed E-state index contributed by atoms with van der Waals surface area (Å²) in [7, 11) is 0. The summed E-state index contributed by atoms with van der Waals surface area (Å²) < 4.78 is 24.0. The number of hydrogen-bond acceptors (Lipinski definition) is 8. The Balaban J connectivity index is 1.35. The van der Waals surface area contributed by atoms with Gasteiger partial charge in [-0.3, -0.25) is 4.79 Å². The minimum absolute atomic E-state index is 0.0894. The van der Waals surface area contributed by atoms with Crippen LogP contribution in [-0.2, 0) is 36.6 Å². The molecule has 0 bridgehead atoms. The molecule has 2 aromatic carbocycles. The van der Waals surface area contributed by atoms with Crippen molar-refractivity contribution in [3.63, 3.8) is 0 Å². The van der Waals surface area contributed by atoms with Crippen molar-refractivity contribution in [3.8, 4) is 0 Å². The molecule has 3 N–H and O–H groups in total. The zero-order valence-electron chi connectivity index (χ0n) is 20.9. The van der Waals surface area contributed by atoms with Crippen LogP contribution in [0.2, 0.25) is 0 Å². The van der Waals surface area contributed by atoms with E-state index in [9.17, 15) is 9.59 Å². The Labute approximate surface area is 220 Å². The van der Waals surface area contributed by atoms with E-state index in [0.717, 1.165) is 16.7 Å². The molecule has 0 aromatic heterocycles. The summed E-state index contributed by atoms with van der Waals surface area (Å²) in [5.74, 6) is -1.76. The van der Waals surface area contributed by atoms with Crippen LogP contribution in [0.1, 0.15) is 33.5 Å². The summed E-state index contributed by atoms with van der Waals surface area (Å²) in [6.07, 6.45) is 4.31. The fourth-order valence-electron chi connectivity index (χ4n) is 5.17. The number of nitrogens with one attached hydrogen (secondary N) is 1. The molecule has 9 nitrogen and oxygen atoms in total. The highest BCUT2D eigenvalue weighted by molar-refractivity contribution is 5.94. The van der Waals surface area contributed by atoms with Gasteiger partial charge in [0.2, 0.25) is 5.91 Å². The Morgan fingerprint density at radius 1 is 1.05 bits per heavy atom. The van der Waals surface area contributed by atoms with Gasteiger partial charge in [0.05, 0.1) is 25.0 Å². The molecule has 1 spiro atoms. The molecule has 200 valence electrons. The Morgan fingerprint density at radius 3 is 2.58 bits per heavy atom. The predicted molar refractivity (Wildman–Crippen MR) is 137 cm³/mol. The van der Waals surface area contributed by atoms with E-state index in [4.69, 9.17) is 29.2 Å². The van der Waals surface area contributed by atoms with Gasteiger partial charge < -0.3 is 34.5 Å². The highest BCUT2D eigenvalue weighted by atomic mass is 16.8. The number of aliphatic hydroxyl groups is 2. The number of fused-ring (bicyclic) bond motifs is 2. The van der Waals surface area contributed by atoms with Gasteiger partial charge in [0.15, 0.2) is 5.79 Å². The molecule has 1 aliphatic heterocycles. The summed E-state index contributed by atoms with van der Waals surface area (Å²) in [5, 5.41) is 20.6. The number of carbonyl (C=O) groups is 2. The van der Waals surface area contributed by atoms with Gasteiger partial charge in [0.25, 0.3) is 0 Å². The lowest BCUT2D eigenvalue weighted by atomic mass is 9.91. The van der Waals surface area contributed by atoms with Gasteiger partial charge in [0, 0.05) is 31.4 Å². The van der Waals surface area contributed by atoms with Gasteiger partial charge in [-0.15, -0.1) is 0 Å². The first-order valence-electron chi connectivity index (χ1n) is 12.7. The fraction of sp³-hybridized carbons (Fsp3) is 0.379. The first kappa shape index (κ1) is 26.1. The van der Waals surface area contributed by atoms with Crippen molar-refractivity contribution < 1.29 is 38.7 Å². The zero-order valence-corrected chi connectivity index (χ0v) is 20.9. The molecule has 38 heavy (non-hydrogen) atoms. The number of carbonyl (C=O) groups excluding carboxylic acids is 2. The summed E-state index contributed by atoms with van der Waals surface area (Å²) in [6, 6.07) is 14.9. The van der Waals surface area contributed by atoms with Crippen LogP contribution in [0.15, 0.2) is 66.4 Å². The first-order valence-corrected chi connectivity index (χ1v) is 12.7. The normalized spacial score (nSPS) is 23.1. The highest BCUT2D eigenvalue weighted by Gasteiger charge is 2.55. The van der Waals surface area contributed by atoms with Crippen molar-refractivity contribution >= 4 is 18.0 Å². The van der Waals surface area contributed by atoms with Crippen LogP contribution in [0.25, 0.3) is 6.08 Å². The lowest BCUT2D eigenvalue weighted by Gasteiger charge is -2.30. The van der Waals surface area contributed by atoms with Crippen LogP contribution in [0.4, 0.5) is 0 Å². The maximum atomic E-state index is 13.2. The average molecular weight is 522 g/mol. The monoisotopic (exact) mass is 521 g/mol. The van der Waals surface area contributed by atoms with Crippen LogP contribution in [0, 0.1) is 0 Å². The lowest BCUT2D eigenvalue weighted by molar-refractivity contribution is -0.172. The van der Waals surface area contributed by atoms with Crippen molar-refractivity contribution in [1.29, 1.82) is 0 Å². The summed E-state index contributed by atoms with van der Waals surface area (Å²) in [6.45, 7) is 0.0284. The van der Waals surface area contributed by atoms with Gasteiger partial charge in [-0.2, -0.15) is 0 Å². The number of aliphatic hydroxyl groups excluding tert-OH is 2. The number of esters is 1. The van der Waals surface area contributed by atoms with E-state index < -0.39 is 30.1 Å². The number of benzene rings is 2. The second-order valence-electron chi connectivity index (χ2n) is 9.54. The second kappa shape index (κ2) is 11.5. The van der Waals surface area contributed by atoms with Crippen LogP contribution in [0.5, 0.6) is 0 Å². The highest BCUT2D eigenvalue weighted by Crippen LogP contribution is 2.45. The maximum Gasteiger partial charge on any atom is 0.338 e. The first-order chi connectivity index (χ1) is 18.5. The van der Waals surface area contributed by atoms with Crippen LogP contribution >= 0.6 is 0 Å². The van der Waals surface area contributed by atoms with E-state index in [1.165, 1.54) is 6.26 Å². The number of hydrogen-bond donors (Lipinski definition) is 3. The number of rotatable bonds is 9. The fourth-order valence-corrected chi connectivity index (χ4v) is 5.17. The van der Waals surface area contributed by atoms with E-state index in [1.54, 1.807) is 30.4 Å². The third kappa shape index (κ3) is 5.66. The third-order valence-corrected chi connectivity index (χ3v) is 6.85. The molecule has 3 aliphatic rings. The molecule has 2 aromatic rings. The smallest absolute Gasteiger partial charge is 0.338 e. The van der Waals surface area contributed by atoms with Crippen molar-refractivity contribution in [2.24, 2.45) is 0 Å². The molecule has 0 unspecified atom stereocenters. The van der Waals surface area contributed by atoms with Gasteiger partial charge in [0.1, 0.15) is 24.9 Å². The Hall–Kier alpha value is -3.50. The summed E-state index contributed by atoms with van der Waals surface area (Å²) in [4.78, 5) is 26.0. The molecule has 0 radical (unpaired) electrons. The minimum atomic E-state index is -0.878. The average Bonchev–Trinajstić information content (AvgIpc) is 3.48. The lowest BCUT2D eigenvalue weighted by Crippen LogP contribution is -2.44. The van der Waals surface area contributed by atoms with E-state index in [0.29, 0.717) is 24.0 Å². The second-order valence-corrected chi connectivity index (χ2v) is 9.54. The molecule has 1 saturated heterocycles. The maximum absolute atomic E-state index is 13.2. The molecule has 5 rings (SSSR count). The number of ether oxygens (including phenoxy) is 4. The van der Waals surface area contributed by atoms with Crippen LogP contribution < -0.4 is 5.32 Å². The van der Waals surface area contributed by atoms with Crippen molar-refractivity contribution in [3.05, 3.63) is 88.7 Å². The molecular formula is C29H31NO8. The molecule has 1 fully saturated rings. The summed E-state index contributed by atoms with van der Waals surface area (Å²) in [5.41, 5.74) is 3.79. The van der Waals surface area contributed by atoms with Gasteiger partial charge in [-0.05, 0) is 41.0 Å². The van der Waals surface area contributed by atoms with E-state index in [1.807, 2.05) is 18.2 Å². The van der Waals surface area contributed by atoms with Gasteiger partial charge in [-0.25, -0.2) is 4.79 Å². The predicted octanol–water partition coefficient (Wildman–Crippen LogP) is 1.91. The van der Waals surface area contributed by atoms with Crippen LogP contribution in [0.3, 0.4) is 0 Å². The van der Waals surface area contributed by atoms with Crippen molar-refractivity contribution in [2.45, 2.75) is 43.4 Å². The van der Waals surface area contributed by atoms with E-state index in [-0.39, 0.29) is 38.7 Å². The Kier molecular flexibility index (Phi) is 7.90. The number of amides is 1. The standard InChI is InChI=1S/C29H31NO8/c31-10-9-30-27(33)23-15-24(36-28(34)20-7-3-4-19(14-20)8-12-35-13-11-32)26-25(16-23)37-29(38-26)17-21-5-1-2-6-22(21)18-29/h1-8,12,14,16,24-26,31-32H,9-11,13,15,17-18H2,(H,30,33)/t24-,25-,26+/m1/s1. The Bertz CT molecular complexity index is 1210. The van der Waals surface area contributed by atoms with Crippen LogP contribution in [-0.4, -0.2) is 72.6 Å². The molecule has 1 amide bonds. The largest absolute Gasteiger partial charge is 0.499 e. The molecule has 9 heteroatoms. The molecule has 3 atom stereocenters. The zero-order chi connectivity index (χ0) is 26.5. The van der Waals surface area contributed by atoms with Gasteiger partial charge in [-0.1, -0.05) is 36.4 Å². The SMILES string of the molecule is O=C(NCCO)C1=C[C@H]2OC3(Cc4ccccc4C3)O[C@H]2[C@H](OC(=O)c2cccc(C=COCCO)c2)C1. The summed E-state index contributed by atoms with van der Waals surface area (Å²) >= 11 is 0. The molecule has 1 heterocycles. The molecular weight excluding hydrogens is 490 g/mol. The minimum Gasteiger partial charge on any atom is -0.499 e. The Morgan fingerprint density at radius 2 is 1.84 bits per heavy atom. The molecule has 0 saturated carbocycles. The topological polar surface area (TPSA) is 124 Å². The van der Waals surface area contributed by atoms with E-state index in [2.05, 4.69) is 17.4 Å². The molecule has 2 aliphatic carbocycles. The van der Waals surface area contributed by atoms with E-state index >= 15 is 0 Å². The third-order valence-electron chi connectivity index (χ3n) is 6.85. The van der Waals surface area contributed by atoms with Gasteiger partial charge >= 0.3 is 5.97 Å². The van der Waals surface area contributed by atoms with Crippen molar-refractivity contribution in [2.75, 3.05) is 26.4 Å². The van der Waals surface area contributed by atoms with Crippen molar-refractivity contribution in [1.82, 2.24) is 5.32 Å².